The fourth-order valence-electron chi connectivity index (χ4n) is 4.33. The van der Waals surface area contributed by atoms with Crippen molar-refractivity contribution in [1.29, 1.82) is 0 Å². The van der Waals surface area contributed by atoms with Crippen molar-refractivity contribution in [3.63, 3.8) is 0 Å². The van der Waals surface area contributed by atoms with E-state index in [0.29, 0.717) is 40.5 Å². The number of carbonyl (C=O) groups excluding carboxylic acids is 1. The normalized spacial score (nSPS) is 17.8. The highest BCUT2D eigenvalue weighted by Crippen LogP contribution is 2.32. The van der Waals surface area contributed by atoms with Gasteiger partial charge in [-0.05, 0) is 37.5 Å². The smallest absolute Gasteiger partial charge is 0.264 e. The van der Waals surface area contributed by atoms with E-state index >= 15 is 0 Å². The van der Waals surface area contributed by atoms with E-state index in [2.05, 4.69) is 0 Å². The topological polar surface area (TPSA) is 73.7 Å². The van der Waals surface area contributed by atoms with E-state index in [1.54, 1.807) is 16.5 Å². The Hall–Kier alpha value is -2.87. The van der Waals surface area contributed by atoms with Gasteiger partial charge in [0.05, 0.1) is 16.8 Å². The third-order valence-corrected chi connectivity index (χ3v) is 7.17. The average Bonchev–Trinajstić information content (AvgIpc) is 2.94. The molecule has 0 saturated heterocycles. The zero-order valence-electron chi connectivity index (χ0n) is 17.7. The second-order valence-electron chi connectivity index (χ2n) is 8.22. The SMILES string of the molecule is Cc1c(C(=O)N(C)C[C@@H]2COc3ccccc3O2)sc2nc3n(c(=O)c12)CCCCC3. The second-order valence-corrected chi connectivity index (χ2v) is 9.21. The summed E-state index contributed by atoms with van der Waals surface area (Å²) >= 11 is 1.32. The summed E-state index contributed by atoms with van der Waals surface area (Å²) in [7, 11) is 1.76. The number of fused-ring (bicyclic) bond motifs is 3. The third-order valence-electron chi connectivity index (χ3n) is 6.00. The molecule has 0 spiro atoms. The summed E-state index contributed by atoms with van der Waals surface area (Å²) in [6.07, 6.45) is 3.71. The number of para-hydroxylation sites is 2. The highest BCUT2D eigenvalue weighted by Gasteiger charge is 2.27. The van der Waals surface area contributed by atoms with Gasteiger partial charge < -0.3 is 14.4 Å². The van der Waals surface area contributed by atoms with Crippen molar-refractivity contribution < 1.29 is 14.3 Å². The van der Waals surface area contributed by atoms with Crippen LogP contribution < -0.4 is 15.0 Å². The van der Waals surface area contributed by atoms with Crippen molar-refractivity contribution in [3.05, 3.63) is 50.9 Å². The van der Waals surface area contributed by atoms with Crippen LogP contribution in [-0.2, 0) is 13.0 Å². The van der Waals surface area contributed by atoms with Crippen LogP contribution >= 0.6 is 11.3 Å². The van der Waals surface area contributed by atoms with E-state index in [9.17, 15) is 9.59 Å². The Bertz CT molecular complexity index is 1220. The maximum atomic E-state index is 13.2. The van der Waals surface area contributed by atoms with Gasteiger partial charge in [-0.15, -0.1) is 11.3 Å². The molecule has 1 atom stereocenters. The van der Waals surface area contributed by atoms with Crippen molar-refractivity contribution in [1.82, 2.24) is 14.5 Å². The summed E-state index contributed by atoms with van der Waals surface area (Å²) in [5.74, 6) is 2.13. The maximum absolute atomic E-state index is 13.2. The molecule has 162 valence electrons. The minimum Gasteiger partial charge on any atom is -0.486 e. The number of aryl methyl sites for hydroxylation is 2. The lowest BCUT2D eigenvalue weighted by Gasteiger charge is -2.29. The molecule has 0 saturated carbocycles. The number of aromatic nitrogens is 2. The van der Waals surface area contributed by atoms with Crippen LogP contribution in [0, 0.1) is 6.92 Å². The molecule has 8 heteroatoms. The van der Waals surface area contributed by atoms with E-state index in [1.165, 1.54) is 11.3 Å². The third kappa shape index (κ3) is 3.59. The number of hydrogen-bond donors (Lipinski definition) is 0. The minimum absolute atomic E-state index is 0.0158. The van der Waals surface area contributed by atoms with Crippen molar-refractivity contribution in [2.75, 3.05) is 20.2 Å². The molecule has 0 radical (unpaired) electrons. The van der Waals surface area contributed by atoms with Crippen molar-refractivity contribution in [2.24, 2.45) is 0 Å². The summed E-state index contributed by atoms with van der Waals surface area (Å²) in [4.78, 5) is 34.0. The van der Waals surface area contributed by atoms with Gasteiger partial charge in [0.1, 0.15) is 17.3 Å². The van der Waals surface area contributed by atoms with Crippen LogP contribution in [0.4, 0.5) is 0 Å². The molecule has 3 aromatic rings. The lowest BCUT2D eigenvalue weighted by atomic mass is 10.2. The van der Waals surface area contributed by atoms with Gasteiger partial charge in [0.15, 0.2) is 17.6 Å². The van der Waals surface area contributed by atoms with Gasteiger partial charge in [0.25, 0.3) is 11.5 Å². The fourth-order valence-corrected chi connectivity index (χ4v) is 5.51. The molecule has 5 rings (SSSR count). The molecule has 7 nitrogen and oxygen atoms in total. The van der Waals surface area contributed by atoms with Crippen LogP contribution in [-0.4, -0.2) is 46.7 Å². The van der Waals surface area contributed by atoms with Crippen LogP contribution in [0.1, 0.15) is 40.3 Å². The predicted octanol–water partition coefficient (Wildman–Crippen LogP) is 3.40. The minimum atomic E-state index is -0.252. The van der Waals surface area contributed by atoms with Gasteiger partial charge in [0.2, 0.25) is 0 Å². The summed E-state index contributed by atoms with van der Waals surface area (Å²) < 4.78 is 13.6. The molecule has 0 aliphatic carbocycles. The summed E-state index contributed by atoms with van der Waals surface area (Å²) in [6.45, 7) is 3.33. The molecule has 4 heterocycles. The number of benzene rings is 1. The molecule has 1 amide bonds. The molecule has 0 bridgehead atoms. The van der Waals surface area contributed by atoms with Gasteiger partial charge in [-0.25, -0.2) is 4.98 Å². The predicted molar refractivity (Wildman–Crippen MR) is 119 cm³/mol. The monoisotopic (exact) mass is 439 g/mol. The number of nitrogens with zero attached hydrogens (tertiary/aromatic N) is 3. The first-order valence-electron chi connectivity index (χ1n) is 10.7. The van der Waals surface area contributed by atoms with E-state index < -0.39 is 0 Å². The molecule has 0 fully saturated rings. The van der Waals surface area contributed by atoms with Crippen LogP contribution in [0.15, 0.2) is 29.1 Å². The van der Waals surface area contributed by atoms with E-state index in [-0.39, 0.29) is 17.6 Å². The van der Waals surface area contributed by atoms with Crippen LogP contribution in [0.5, 0.6) is 11.5 Å². The van der Waals surface area contributed by atoms with Crippen molar-refractivity contribution >= 4 is 27.5 Å². The number of rotatable bonds is 3. The Morgan fingerprint density at radius 3 is 2.90 bits per heavy atom. The summed E-state index contributed by atoms with van der Waals surface area (Å²) in [5.41, 5.74) is 0.707. The van der Waals surface area contributed by atoms with E-state index in [4.69, 9.17) is 14.5 Å². The second kappa shape index (κ2) is 8.00. The Morgan fingerprint density at radius 1 is 1.26 bits per heavy atom. The Labute approximate surface area is 184 Å². The summed E-state index contributed by atoms with van der Waals surface area (Å²) in [6, 6.07) is 7.53. The highest BCUT2D eigenvalue weighted by atomic mass is 32.1. The quantitative estimate of drug-likeness (QED) is 0.625. The lowest BCUT2D eigenvalue weighted by molar-refractivity contribution is 0.0523. The number of likely N-dealkylation sites (N-methyl/N-ethyl adjacent to an activating group) is 1. The molecular formula is C23H25N3O4S. The molecule has 2 aromatic heterocycles. The zero-order valence-corrected chi connectivity index (χ0v) is 18.5. The Balaban J connectivity index is 1.40. The van der Waals surface area contributed by atoms with E-state index in [0.717, 1.165) is 42.8 Å². The van der Waals surface area contributed by atoms with Crippen molar-refractivity contribution in [3.8, 4) is 11.5 Å². The first-order chi connectivity index (χ1) is 15.0. The lowest BCUT2D eigenvalue weighted by Crippen LogP contribution is -2.41. The van der Waals surface area contributed by atoms with Gasteiger partial charge in [-0.1, -0.05) is 18.6 Å². The molecule has 0 unspecified atom stereocenters. The number of thiophene rings is 1. The highest BCUT2D eigenvalue weighted by molar-refractivity contribution is 7.20. The van der Waals surface area contributed by atoms with Crippen LogP contribution in [0.3, 0.4) is 0 Å². The number of hydrogen-bond acceptors (Lipinski definition) is 6. The van der Waals surface area contributed by atoms with Crippen LogP contribution in [0.25, 0.3) is 10.2 Å². The maximum Gasteiger partial charge on any atom is 0.264 e. The van der Waals surface area contributed by atoms with Gasteiger partial charge >= 0.3 is 0 Å². The van der Waals surface area contributed by atoms with Gasteiger partial charge in [-0.2, -0.15) is 0 Å². The number of amides is 1. The molecule has 1 aromatic carbocycles. The fraction of sp³-hybridized carbons (Fsp3) is 0.435. The largest absolute Gasteiger partial charge is 0.486 e. The van der Waals surface area contributed by atoms with Gasteiger partial charge in [-0.3, -0.25) is 14.2 Å². The van der Waals surface area contributed by atoms with Gasteiger partial charge in [0, 0.05) is 20.0 Å². The molecule has 0 N–H and O–H groups in total. The Morgan fingerprint density at radius 2 is 2.06 bits per heavy atom. The first-order valence-corrected chi connectivity index (χ1v) is 11.5. The number of ether oxygens (including phenoxy) is 2. The van der Waals surface area contributed by atoms with Crippen molar-refractivity contribution in [2.45, 2.75) is 45.3 Å². The first kappa shape index (κ1) is 20.1. The standard InChI is InChI=1S/C23H25N3O4S/c1-14-19-21(24-18-10-4-3-7-11-26(18)22(19)27)31-20(14)23(28)25(2)12-15-13-29-16-8-5-6-9-17(16)30-15/h5-6,8-9,15H,3-4,7,10-13H2,1-2H3/t15-/m1/s1. The molecule has 2 aliphatic heterocycles. The molecule has 31 heavy (non-hydrogen) atoms. The molecule has 2 aliphatic rings. The summed E-state index contributed by atoms with van der Waals surface area (Å²) in [5, 5.41) is 0.582. The van der Waals surface area contributed by atoms with E-state index in [1.807, 2.05) is 31.2 Å². The molecular weight excluding hydrogens is 414 g/mol. The number of carbonyl (C=O) groups is 1. The zero-order chi connectivity index (χ0) is 21.5. The Kier molecular flexibility index (Phi) is 5.17. The van der Waals surface area contributed by atoms with Crippen LogP contribution in [0.2, 0.25) is 0 Å². The average molecular weight is 440 g/mol.